The molecule has 11 heavy (non-hydrogen) atoms. The second-order valence-corrected chi connectivity index (χ2v) is 3.21. The smallest absolute Gasteiger partial charge is 0.0870 e. The maximum absolute atomic E-state index is 5.43. The third-order valence-electron chi connectivity index (χ3n) is 1.65. The maximum atomic E-state index is 5.43. The normalized spacial score (nSPS) is 10.5. The fraction of sp³-hybridized carbons (Fsp3) is 0.875. The van der Waals surface area contributed by atoms with E-state index in [0.717, 1.165) is 19.6 Å². The number of hydrogen-bond donors (Lipinski definition) is 1. The van der Waals surface area contributed by atoms with Gasteiger partial charge >= 0.3 is 0 Å². The molecule has 2 N–H and O–H groups in total. The Bertz CT molecular complexity index is 115. The summed E-state index contributed by atoms with van der Waals surface area (Å²) in [7, 11) is 0. The molecule has 0 aromatic carbocycles. The average Bonchev–Trinajstić information content (AvgIpc) is 1.97. The van der Waals surface area contributed by atoms with Crippen molar-refractivity contribution < 1.29 is 0 Å². The van der Waals surface area contributed by atoms with Crippen molar-refractivity contribution in [2.24, 2.45) is 5.73 Å². The Balaban J connectivity index is 3.49. The van der Waals surface area contributed by atoms with Crippen LogP contribution in [0.15, 0.2) is 0 Å². The standard InChI is InChI=1S/C8H18N2S/c1-3-5-6-10(4-2)7-8(9)11/h3-7H2,1-2H3,(H2,9,11). The predicted molar refractivity (Wildman–Crippen MR) is 53.8 cm³/mol. The molecule has 0 aromatic rings. The van der Waals surface area contributed by atoms with Crippen LogP contribution in [0.2, 0.25) is 0 Å². The lowest BCUT2D eigenvalue weighted by Gasteiger charge is -2.18. The Morgan fingerprint density at radius 1 is 1.45 bits per heavy atom. The van der Waals surface area contributed by atoms with E-state index in [1.165, 1.54) is 12.8 Å². The van der Waals surface area contributed by atoms with Crippen molar-refractivity contribution in [3.05, 3.63) is 0 Å². The lowest BCUT2D eigenvalue weighted by Crippen LogP contribution is -2.33. The molecule has 3 heteroatoms. The molecule has 0 aliphatic carbocycles. The summed E-state index contributed by atoms with van der Waals surface area (Å²) in [5, 5.41) is 0. The fourth-order valence-electron chi connectivity index (χ4n) is 0.951. The van der Waals surface area contributed by atoms with Gasteiger partial charge in [-0.2, -0.15) is 0 Å². The summed E-state index contributed by atoms with van der Waals surface area (Å²) in [6.45, 7) is 7.25. The number of nitrogens with zero attached hydrogens (tertiary/aromatic N) is 1. The SMILES string of the molecule is CCCCN(CC)CC(N)=S. The molecule has 0 aliphatic rings. The van der Waals surface area contributed by atoms with Gasteiger partial charge in [0.05, 0.1) is 4.99 Å². The molecule has 0 bridgehead atoms. The summed E-state index contributed by atoms with van der Waals surface area (Å²) < 4.78 is 0. The maximum Gasteiger partial charge on any atom is 0.0870 e. The van der Waals surface area contributed by atoms with Gasteiger partial charge in [0.2, 0.25) is 0 Å². The minimum Gasteiger partial charge on any atom is -0.392 e. The van der Waals surface area contributed by atoms with Crippen LogP contribution in [0.4, 0.5) is 0 Å². The van der Waals surface area contributed by atoms with Gasteiger partial charge in [0.15, 0.2) is 0 Å². The monoisotopic (exact) mass is 174 g/mol. The van der Waals surface area contributed by atoms with Crippen molar-refractivity contribution in [2.45, 2.75) is 26.7 Å². The molecule has 66 valence electrons. The number of unbranched alkanes of at least 4 members (excludes halogenated alkanes) is 1. The van der Waals surface area contributed by atoms with Crippen molar-refractivity contribution in [3.63, 3.8) is 0 Å². The zero-order valence-electron chi connectivity index (χ0n) is 7.47. The highest BCUT2D eigenvalue weighted by Crippen LogP contribution is 1.93. The van der Waals surface area contributed by atoms with Gasteiger partial charge in [0, 0.05) is 6.54 Å². The lowest BCUT2D eigenvalue weighted by atomic mass is 10.3. The van der Waals surface area contributed by atoms with Crippen LogP contribution >= 0.6 is 12.2 Å². The van der Waals surface area contributed by atoms with Crippen LogP contribution in [0.5, 0.6) is 0 Å². The number of nitrogens with two attached hydrogens (primary N) is 1. The average molecular weight is 174 g/mol. The van der Waals surface area contributed by atoms with Crippen LogP contribution in [-0.2, 0) is 0 Å². The molecule has 0 atom stereocenters. The Labute approximate surface area is 74.8 Å². The van der Waals surface area contributed by atoms with Gasteiger partial charge in [-0.1, -0.05) is 32.5 Å². The Morgan fingerprint density at radius 3 is 2.45 bits per heavy atom. The predicted octanol–water partition coefficient (Wildman–Crippen LogP) is 1.39. The van der Waals surface area contributed by atoms with Crippen LogP contribution in [0.3, 0.4) is 0 Å². The Morgan fingerprint density at radius 2 is 2.09 bits per heavy atom. The molecule has 0 saturated heterocycles. The second-order valence-electron chi connectivity index (χ2n) is 2.69. The van der Waals surface area contributed by atoms with Crippen LogP contribution in [0, 0.1) is 0 Å². The minimum atomic E-state index is 0.600. The largest absolute Gasteiger partial charge is 0.392 e. The van der Waals surface area contributed by atoms with E-state index in [0.29, 0.717) is 4.99 Å². The summed E-state index contributed by atoms with van der Waals surface area (Å²) in [6, 6.07) is 0. The summed E-state index contributed by atoms with van der Waals surface area (Å²) in [5.41, 5.74) is 5.43. The third-order valence-corrected chi connectivity index (χ3v) is 1.78. The minimum absolute atomic E-state index is 0.600. The van der Waals surface area contributed by atoms with Crippen molar-refractivity contribution in [3.8, 4) is 0 Å². The van der Waals surface area contributed by atoms with Crippen LogP contribution in [0.25, 0.3) is 0 Å². The molecular weight excluding hydrogens is 156 g/mol. The number of rotatable bonds is 6. The van der Waals surface area contributed by atoms with Crippen LogP contribution in [-0.4, -0.2) is 29.5 Å². The van der Waals surface area contributed by atoms with Crippen molar-refractivity contribution in [1.29, 1.82) is 0 Å². The lowest BCUT2D eigenvalue weighted by molar-refractivity contribution is 0.323. The second kappa shape index (κ2) is 6.55. The summed E-state index contributed by atoms with van der Waals surface area (Å²) in [5.74, 6) is 0. The first-order valence-corrected chi connectivity index (χ1v) is 4.62. The molecule has 0 saturated carbocycles. The first kappa shape index (κ1) is 10.8. The third kappa shape index (κ3) is 6.26. The molecular formula is C8H18N2S. The highest BCUT2D eigenvalue weighted by molar-refractivity contribution is 7.80. The van der Waals surface area contributed by atoms with Gasteiger partial charge in [-0.25, -0.2) is 0 Å². The van der Waals surface area contributed by atoms with Crippen LogP contribution < -0.4 is 5.73 Å². The Kier molecular flexibility index (Phi) is 6.46. The first-order valence-electron chi connectivity index (χ1n) is 4.21. The fourth-order valence-corrected chi connectivity index (χ4v) is 1.13. The van der Waals surface area contributed by atoms with E-state index in [2.05, 4.69) is 18.7 Å². The molecule has 0 aliphatic heterocycles. The zero-order chi connectivity index (χ0) is 8.69. The quantitative estimate of drug-likeness (QED) is 0.617. The summed E-state index contributed by atoms with van der Waals surface area (Å²) in [6.07, 6.45) is 2.46. The molecule has 0 spiro atoms. The van der Waals surface area contributed by atoms with Gasteiger partial charge in [-0.3, -0.25) is 4.90 Å². The van der Waals surface area contributed by atoms with Crippen molar-refractivity contribution >= 4 is 17.2 Å². The zero-order valence-corrected chi connectivity index (χ0v) is 8.28. The van der Waals surface area contributed by atoms with E-state index in [4.69, 9.17) is 18.0 Å². The van der Waals surface area contributed by atoms with Gasteiger partial charge in [0.25, 0.3) is 0 Å². The molecule has 0 rings (SSSR count). The van der Waals surface area contributed by atoms with E-state index in [9.17, 15) is 0 Å². The van der Waals surface area contributed by atoms with Crippen molar-refractivity contribution in [2.75, 3.05) is 19.6 Å². The topological polar surface area (TPSA) is 29.3 Å². The molecule has 0 radical (unpaired) electrons. The number of likely N-dealkylation sites (N-methyl/N-ethyl adjacent to an activating group) is 1. The van der Waals surface area contributed by atoms with Gasteiger partial charge < -0.3 is 5.73 Å². The molecule has 0 amide bonds. The van der Waals surface area contributed by atoms with Crippen LogP contribution in [0.1, 0.15) is 26.7 Å². The van der Waals surface area contributed by atoms with E-state index < -0.39 is 0 Å². The van der Waals surface area contributed by atoms with Gasteiger partial charge in [0.1, 0.15) is 0 Å². The number of hydrogen-bond acceptors (Lipinski definition) is 2. The summed E-state index contributed by atoms with van der Waals surface area (Å²) in [4.78, 5) is 2.87. The molecule has 0 unspecified atom stereocenters. The van der Waals surface area contributed by atoms with E-state index in [1.54, 1.807) is 0 Å². The van der Waals surface area contributed by atoms with E-state index >= 15 is 0 Å². The number of thiocarbonyl (C=S) groups is 1. The van der Waals surface area contributed by atoms with E-state index in [1.807, 2.05) is 0 Å². The highest BCUT2D eigenvalue weighted by atomic mass is 32.1. The molecule has 0 heterocycles. The molecule has 0 aromatic heterocycles. The first-order chi connectivity index (χ1) is 5.20. The van der Waals surface area contributed by atoms with Gasteiger partial charge in [-0.15, -0.1) is 0 Å². The summed E-state index contributed by atoms with van der Waals surface area (Å²) >= 11 is 4.82. The van der Waals surface area contributed by atoms with E-state index in [-0.39, 0.29) is 0 Å². The molecule has 2 nitrogen and oxygen atoms in total. The molecule has 0 fully saturated rings. The highest BCUT2D eigenvalue weighted by Gasteiger charge is 2.01. The van der Waals surface area contributed by atoms with Gasteiger partial charge in [-0.05, 0) is 19.5 Å². The van der Waals surface area contributed by atoms with Crippen molar-refractivity contribution in [1.82, 2.24) is 4.90 Å². The Hall–Kier alpha value is -0.150.